The minimum Gasteiger partial charge on any atom is -0.489 e. The topological polar surface area (TPSA) is 95.1 Å². The Labute approximate surface area is 206 Å². The van der Waals surface area contributed by atoms with Gasteiger partial charge in [0.2, 0.25) is 17.0 Å². The number of nitrogens with zero attached hydrogens (tertiary/aromatic N) is 3. The van der Waals surface area contributed by atoms with Crippen molar-refractivity contribution in [1.82, 2.24) is 14.8 Å². The molecule has 1 aromatic heterocycles. The highest BCUT2D eigenvalue weighted by atomic mass is 35.5. The predicted molar refractivity (Wildman–Crippen MR) is 132 cm³/mol. The number of rotatable bonds is 8. The third-order valence-corrected chi connectivity index (χ3v) is 6.93. The van der Waals surface area contributed by atoms with E-state index in [0.29, 0.717) is 38.2 Å². The van der Waals surface area contributed by atoms with Gasteiger partial charge in [0.25, 0.3) is 0 Å². The molecule has 2 aromatic carbocycles. The number of hydrogen-bond donors (Lipinski definition) is 2. The number of hydrogen-bond acceptors (Lipinski definition) is 6. The summed E-state index contributed by atoms with van der Waals surface area (Å²) in [5.74, 6) is 1.62. The van der Waals surface area contributed by atoms with Crippen LogP contribution in [-0.4, -0.2) is 26.4 Å². The highest BCUT2D eigenvalue weighted by Gasteiger charge is 2.33. The van der Waals surface area contributed by atoms with Gasteiger partial charge in [-0.15, -0.1) is 5.10 Å². The zero-order valence-corrected chi connectivity index (χ0v) is 20.5. The van der Waals surface area contributed by atoms with E-state index in [1.165, 1.54) is 0 Å². The van der Waals surface area contributed by atoms with Crippen molar-refractivity contribution in [3.05, 3.63) is 74.9 Å². The van der Waals surface area contributed by atoms with Gasteiger partial charge in [-0.3, -0.25) is 4.79 Å². The molecule has 1 unspecified atom stereocenters. The lowest BCUT2D eigenvalue weighted by molar-refractivity contribution is -0.115. The lowest BCUT2D eigenvalue weighted by Gasteiger charge is -2.27. The van der Waals surface area contributed by atoms with Crippen molar-refractivity contribution in [1.29, 1.82) is 0 Å². The van der Waals surface area contributed by atoms with E-state index in [1.54, 1.807) is 34.6 Å². The fraction of sp³-hybridized carbons (Fsp3) is 0.261. The molecule has 0 saturated carbocycles. The Morgan fingerprint density at radius 1 is 1.21 bits per heavy atom. The second-order valence-electron chi connectivity index (χ2n) is 7.50. The number of amides is 1. The SMILES string of the molecule is CCCSc1nc2n(n1)C(c1ccc(OCc3c(Cl)cccc3Cl)cc1)C(C(N)=O)=C(C)N2. The van der Waals surface area contributed by atoms with E-state index in [2.05, 4.69) is 22.3 Å². The summed E-state index contributed by atoms with van der Waals surface area (Å²) in [4.78, 5) is 16.9. The summed E-state index contributed by atoms with van der Waals surface area (Å²) in [6.07, 6.45) is 1.01. The standard InChI is InChI=1S/C23H23Cl2N5O2S/c1-3-11-33-23-28-22-27-13(2)19(21(26)31)20(30(22)29-23)14-7-9-15(10-8-14)32-12-16-17(24)5-4-6-18(16)25/h4-10,20H,3,11-12H2,1-2H3,(H2,26,31)(H,27,28,29). The van der Waals surface area contributed by atoms with Crippen LogP contribution in [0.5, 0.6) is 5.75 Å². The van der Waals surface area contributed by atoms with E-state index in [4.69, 9.17) is 33.7 Å². The van der Waals surface area contributed by atoms with Gasteiger partial charge in [-0.1, -0.05) is 60.1 Å². The molecule has 1 atom stereocenters. The molecular weight excluding hydrogens is 481 g/mol. The number of nitrogens with two attached hydrogens (primary N) is 1. The van der Waals surface area contributed by atoms with E-state index in [0.717, 1.165) is 23.3 Å². The van der Waals surface area contributed by atoms with Gasteiger partial charge in [-0.2, -0.15) is 4.98 Å². The van der Waals surface area contributed by atoms with Crippen LogP contribution in [0.2, 0.25) is 10.0 Å². The number of benzene rings is 2. The Kier molecular flexibility index (Phi) is 7.17. The number of anilines is 1. The molecule has 0 spiro atoms. The average Bonchev–Trinajstić information content (AvgIpc) is 3.19. The normalized spacial score (nSPS) is 15.2. The lowest BCUT2D eigenvalue weighted by atomic mass is 9.95. The minimum absolute atomic E-state index is 0.238. The molecule has 10 heteroatoms. The molecule has 3 N–H and O–H groups in total. The maximum Gasteiger partial charge on any atom is 0.248 e. The van der Waals surface area contributed by atoms with Crippen molar-refractivity contribution < 1.29 is 9.53 Å². The smallest absolute Gasteiger partial charge is 0.248 e. The van der Waals surface area contributed by atoms with Crippen LogP contribution in [-0.2, 0) is 11.4 Å². The van der Waals surface area contributed by atoms with Crippen LogP contribution >= 0.6 is 35.0 Å². The van der Waals surface area contributed by atoms with Crippen LogP contribution in [0.4, 0.5) is 5.95 Å². The lowest BCUT2D eigenvalue weighted by Crippen LogP contribution is -2.31. The zero-order chi connectivity index (χ0) is 23.5. The highest BCUT2D eigenvalue weighted by Crippen LogP contribution is 2.36. The number of aromatic nitrogens is 3. The number of fused-ring (bicyclic) bond motifs is 1. The number of primary amides is 1. The fourth-order valence-corrected chi connectivity index (χ4v) is 4.78. The summed E-state index contributed by atoms with van der Waals surface area (Å²) >= 11 is 14.0. The molecule has 0 aliphatic carbocycles. The molecule has 4 rings (SSSR count). The van der Waals surface area contributed by atoms with Crippen LogP contribution in [0.1, 0.15) is 37.4 Å². The minimum atomic E-state index is -0.511. The molecule has 0 saturated heterocycles. The number of thioether (sulfide) groups is 1. The summed E-state index contributed by atoms with van der Waals surface area (Å²) in [5, 5.41) is 9.54. The molecule has 0 radical (unpaired) electrons. The van der Waals surface area contributed by atoms with E-state index < -0.39 is 11.9 Å². The van der Waals surface area contributed by atoms with Crippen molar-refractivity contribution in [3.8, 4) is 5.75 Å². The molecule has 0 bridgehead atoms. The van der Waals surface area contributed by atoms with E-state index in [-0.39, 0.29) is 6.61 Å². The van der Waals surface area contributed by atoms with E-state index in [1.807, 2.05) is 31.2 Å². The first-order valence-electron chi connectivity index (χ1n) is 10.4. The van der Waals surface area contributed by atoms with Crippen molar-refractivity contribution >= 4 is 46.8 Å². The Bertz CT molecular complexity index is 1190. The van der Waals surface area contributed by atoms with Crippen LogP contribution in [0, 0.1) is 0 Å². The molecule has 1 aliphatic rings. The van der Waals surface area contributed by atoms with Gasteiger partial charge in [0.1, 0.15) is 18.4 Å². The summed E-state index contributed by atoms with van der Waals surface area (Å²) in [5.41, 5.74) is 8.41. The number of nitrogens with one attached hydrogen (secondary N) is 1. The second kappa shape index (κ2) is 10.1. The van der Waals surface area contributed by atoms with Crippen LogP contribution in [0.3, 0.4) is 0 Å². The van der Waals surface area contributed by atoms with Crippen LogP contribution in [0.15, 0.2) is 58.9 Å². The van der Waals surface area contributed by atoms with Gasteiger partial charge in [0.15, 0.2) is 0 Å². The summed E-state index contributed by atoms with van der Waals surface area (Å²) in [6.45, 7) is 4.15. The van der Waals surface area contributed by atoms with Gasteiger partial charge in [0.05, 0.1) is 5.57 Å². The maximum absolute atomic E-state index is 12.3. The number of carbonyl (C=O) groups is 1. The first kappa shape index (κ1) is 23.5. The molecule has 172 valence electrons. The van der Waals surface area contributed by atoms with Gasteiger partial charge in [0, 0.05) is 27.1 Å². The number of allylic oxidation sites excluding steroid dienone is 1. The van der Waals surface area contributed by atoms with Gasteiger partial charge in [-0.25, -0.2) is 4.68 Å². The maximum atomic E-state index is 12.3. The predicted octanol–water partition coefficient (Wildman–Crippen LogP) is 5.44. The van der Waals surface area contributed by atoms with Gasteiger partial charge in [-0.05, 0) is 43.2 Å². The summed E-state index contributed by atoms with van der Waals surface area (Å²) in [6, 6.07) is 12.3. The Hall–Kier alpha value is -2.68. The molecule has 3 aromatic rings. The first-order valence-corrected chi connectivity index (χ1v) is 12.2. The van der Waals surface area contributed by atoms with E-state index >= 15 is 0 Å². The first-order chi connectivity index (χ1) is 15.9. The average molecular weight is 504 g/mol. The monoisotopic (exact) mass is 503 g/mol. The molecule has 0 fully saturated rings. The Balaban J connectivity index is 1.61. The third kappa shape index (κ3) is 4.98. The van der Waals surface area contributed by atoms with E-state index in [9.17, 15) is 4.79 Å². The molecule has 2 heterocycles. The number of carbonyl (C=O) groups excluding carboxylic acids is 1. The molecule has 7 nitrogen and oxygen atoms in total. The molecule has 1 amide bonds. The number of ether oxygens (including phenoxy) is 1. The molecular formula is C23H23Cl2N5O2S. The van der Waals surface area contributed by atoms with Crippen molar-refractivity contribution in [2.75, 3.05) is 11.1 Å². The molecule has 1 aliphatic heterocycles. The second-order valence-corrected chi connectivity index (χ2v) is 9.38. The Morgan fingerprint density at radius 3 is 2.55 bits per heavy atom. The third-order valence-electron chi connectivity index (χ3n) is 5.17. The largest absolute Gasteiger partial charge is 0.489 e. The van der Waals surface area contributed by atoms with Crippen LogP contribution in [0.25, 0.3) is 0 Å². The quantitative estimate of drug-likeness (QED) is 0.397. The van der Waals surface area contributed by atoms with Crippen LogP contribution < -0.4 is 15.8 Å². The van der Waals surface area contributed by atoms with Gasteiger partial charge < -0.3 is 15.8 Å². The zero-order valence-electron chi connectivity index (χ0n) is 18.1. The summed E-state index contributed by atoms with van der Waals surface area (Å²) in [7, 11) is 0. The van der Waals surface area contributed by atoms with Crippen molar-refractivity contribution in [2.45, 2.75) is 38.1 Å². The van der Waals surface area contributed by atoms with Gasteiger partial charge >= 0.3 is 0 Å². The van der Waals surface area contributed by atoms with Crippen molar-refractivity contribution in [3.63, 3.8) is 0 Å². The summed E-state index contributed by atoms with van der Waals surface area (Å²) < 4.78 is 7.60. The fourth-order valence-electron chi connectivity index (χ4n) is 3.59. The molecule has 33 heavy (non-hydrogen) atoms. The highest BCUT2D eigenvalue weighted by molar-refractivity contribution is 7.99. The number of halogens is 2. The van der Waals surface area contributed by atoms with Crippen molar-refractivity contribution in [2.24, 2.45) is 5.73 Å². The Morgan fingerprint density at radius 2 is 1.91 bits per heavy atom.